The van der Waals surface area contributed by atoms with E-state index in [-0.39, 0.29) is 0 Å². The summed E-state index contributed by atoms with van der Waals surface area (Å²) in [5.41, 5.74) is 2.63. The largest absolute Gasteiger partial charge is 0.300 e. The molecule has 0 saturated carbocycles. The van der Waals surface area contributed by atoms with E-state index in [4.69, 9.17) is 0 Å². The molecule has 0 amide bonds. The molecule has 1 aromatic carbocycles. The maximum absolute atomic E-state index is 2.50. The van der Waals surface area contributed by atoms with Crippen molar-refractivity contribution in [1.82, 2.24) is 4.90 Å². The van der Waals surface area contributed by atoms with Crippen LogP contribution in [0.1, 0.15) is 24.0 Å². The molecule has 0 radical (unpaired) electrons. The first-order chi connectivity index (χ1) is 7.34. The Balaban J connectivity index is 1.85. The van der Waals surface area contributed by atoms with E-state index in [0.29, 0.717) is 0 Å². The average Bonchev–Trinajstić information content (AvgIpc) is 2.74. The molecular formula is C14H19N. The van der Waals surface area contributed by atoms with Crippen molar-refractivity contribution in [2.75, 3.05) is 19.6 Å². The first-order valence-electron chi connectivity index (χ1n) is 5.80. The van der Waals surface area contributed by atoms with Crippen molar-refractivity contribution < 1.29 is 0 Å². The Morgan fingerprint density at radius 3 is 2.47 bits per heavy atom. The fourth-order valence-electron chi connectivity index (χ4n) is 1.98. The van der Waals surface area contributed by atoms with E-state index in [1.165, 1.54) is 37.1 Å². The first-order valence-corrected chi connectivity index (χ1v) is 5.80. The lowest BCUT2D eigenvalue weighted by Gasteiger charge is -2.10. The molecule has 1 aliphatic rings. The summed E-state index contributed by atoms with van der Waals surface area (Å²) in [6, 6.07) is 8.68. The molecule has 0 aromatic heterocycles. The van der Waals surface area contributed by atoms with Gasteiger partial charge in [0.05, 0.1) is 0 Å². The third kappa shape index (κ3) is 3.21. The highest BCUT2D eigenvalue weighted by atomic mass is 15.1. The lowest BCUT2D eigenvalue weighted by molar-refractivity contribution is 0.378. The summed E-state index contributed by atoms with van der Waals surface area (Å²) in [6.07, 6.45) is 7.24. The Morgan fingerprint density at radius 1 is 1.13 bits per heavy atom. The predicted octanol–water partition coefficient (Wildman–Crippen LogP) is 3.10. The molecular weight excluding hydrogens is 182 g/mol. The van der Waals surface area contributed by atoms with Gasteiger partial charge in [-0.05, 0) is 38.4 Å². The Labute approximate surface area is 92.4 Å². The Kier molecular flexibility index (Phi) is 3.57. The average molecular weight is 201 g/mol. The minimum atomic E-state index is 1.11. The summed E-state index contributed by atoms with van der Waals surface area (Å²) >= 11 is 0. The zero-order chi connectivity index (χ0) is 10.5. The van der Waals surface area contributed by atoms with Crippen molar-refractivity contribution >= 4 is 6.08 Å². The van der Waals surface area contributed by atoms with Gasteiger partial charge < -0.3 is 0 Å². The van der Waals surface area contributed by atoms with E-state index < -0.39 is 0 Å². The van der Waals surface area contributed by atoms with Gasteiger partial charge in [-0.15, -0.1) is 0 Å². The molecule has 0 bridgehead atoms. The highest BCUT2D eigenvalue weighted by molar-refractivity contribution is 5.49. The number of nitrogens with zero attached hydrogens (tertiary/aromatic N) is 1. The molecule has 1 aliphatic heterocycles. The zero-order valence-corrected chi connectivity index (χ0v) is 9.45. The van der Waals surface area contributed by atoms with E-state index in [2.05, 4.69) is 48.2 Å². The van der Waals surface area contributed by atoms with Gasteiger partial charge in [0.1, 0.15) is 0 Å². The zero-order valence-electron chi connectivity index (χ0n) is 9.45. The maximum atomic E-state index is 2.50. The van der Waals surface area contributed by atoms with E-state index in [1.54, 1.807) is 0 Å². The van der Waals surface area contributed by atoms with Gasteiger partial charge in [-0.25, -0.2) is 0 Å². The van der Waals surface area contributed by atoms with Crippen molar-refractivity contribution in [1.29, 1.82) is 0 Å². The Morgan fingerprint density at radius 2 is 1.80 bits per heavy atom. The molecule has 15 heavy (non-hydrogen) atoms. The van der Waals surface area contributed by atoms with E-state index in [9.17, 15) is 0 Å². The minimum absolute atomic E-state index is 1.11. The molecule has 0 atom stereocenters. The standard InChI is InChI=1S/C14H19N/c1-13-6-8-14(9-7-13)5-4-12-15-10-2-3-11-15/h4-9H,2-3,10-12H2,1H3/b5-4+. The van der Waals surface area contributed by atoms with Crippen molar-refractivity contribution in [2.45, 2.75) is 19.8 Å². The predicted molar refractivity (Wildman–Crippen MR) is 65.9 cm³/mol. The number of hydrogen-bond acceptors (Lipinski definition) is 1. The molecule has 2 rings (SSSR count). The number of likely N-dealkylation sites (tertiary alicyclic amines) is 1. The Hall–Kier alpha value is -1.08. The summed E-state index contributed by atoms with van der Waals surface area (Å²) in [5, 5.41) is 0. The van der Waals surface area contributed by atoms with Crippen LogP contribution >= 0.6 is 0 Å². The second-order valence-electron chi connectivity index (χ2n) is 4.32. The van der Waals surface area contributed by atoms with E-state index in [1.807, 2.05) is 0 Å². The lowest BCUT2D eigenvalue weighted by Crippen LogP contribution is -2.18. The van der Waals surface area contributed by atoms with Crippen LogP contribution in [0, 0.1) is 6.92 Å². The third-order valence-corrected chi connectivity index (χ3v) is 2.95. The van der Waals surface area contributed by atoms with Gasteiger partial charge in [0.2, 0.25) is 0 Å². The van der Waals surface area contributed by atoms with Crippen LogP contribution in [0.2, 0.25) is 0 Å². The second kappa shape index (κ2) is 5.13. The number of rotatable bonds is 3. The van der Waals surface area contributed by atoms with Crippen LogP contribution in [0.4, 0.5) is 0 Å². The van der Waals surface area contributed by atoms with Crippen LogP contribution in [-0.2, 0) is 0 Å². The van der Waals surface area contributed by atoms with E-state index in [0.717, 1.165) is 6.54 Å². The topological polar surface area (TPSA) is 3.24 Å². The summed E-state index contributed by atoms with van der Waals surface area (Å²) in [7, 11) is 0. The molecule has 1 aromatic rings. The van der Waals surface area contributed by atoms with Gasteiger partial charge in [-0.2, -0.15) is 0 Å². The summed E-state index contributed by atoms with van der Waals surface area (Å²) in [6.45, 7) is 5.78. The van der Waals surface area contributed by atoms with Crippen LogP contribution in [0.5, 0.6) is 0 Å². The lowest BCUT2D eigenvalue weighted by atomic mass is 10.1. The third-order valence-electron chi connectivity index (χ3n) is 2.95. The van der Waals surface area contributed by atoms with Gasteiger partial charge in [0.15, 0.2) is 0 Å². The van der Waals surface area contributed by atoms with Crippen molar-refractivity contribution in [2.24, 2.45) is 0 Å². The molecule has 1 heterocycles. The van der Waals surface area contributed by atoms with Gasteiger partial charge in [0, 0.05) is 6.54 Å². The Bertz CT molecular complexity index is 318. The molecule has 1 heteroatoms. The smallest absolute Gasteiger partial charge is 0.0166 e. The van der Waals surface area contributed by atoms with Gasteiger partial charge >= 0.3 is 0 Å². The summed E-state index contributed by atoms with van der Waals surface area (Å²) in [4.78, 5) is 2.50. The van der Waals surface area contributed by atoms with Crippen molar-refractivity contribution in [3.05, 3.63) is 41.5 Å². The van der Waals surface area contributed by atoms with Crippen LogP contribution in [0.25, 0.3) is 6.08 Å². The first kappa shape index (κ1) is 10.4. The maximum Gasteiger partial charge on any atom is 0.0166 e. The monoisotopic (exact) mass is 201 g/mol. The van der Waals surface area contributed by atoms with Crippen molar-refractivity contribution in [3.63, 3.8) is 0 Å². The second-order valence-corrected chi connectivity index (χ2v) is 4.32. The molecule has 1 nitrogen and oxygen atoms in total. The highest BCUT2D eigenvalue weighted by Gasteiger charge is 2.08. The number of aryl methyl sites for hydroxylation is 1. The molecule has 1 fully saturated rings. The van der Waals surface area contributed by atoms with E-state index >= 15 is 0 Å². The molecule has 0 unspecified atom stereocenters. The SMILES string of the molecule is Cc1ccc(/C=C/CN2CCCC2)cc1. The summed E-state index contributed by atoms with van der Waals surface area (Å²) in [5.74, 6) is 0. The van der Waals surface area contributed by atoms with Crippen LogP contribution in [-0.4, -0.2) is 24.5 Å². The van der Waals surface area contributed by atoms with Gasteiger partial charge in [-0.1, -0.05) is 42.0 Å². The van der Waals surface area contributed by atoms with Crippen LogP contribution in [0.3, 0.4) is 0 Å². The van der Waals surface area contributed by atoms with Crippen LogP contribution < -0.4 is 0 Å². The molecule has 0 aliphatic carbocycles. The van der Waals surface area contributed by atoms with Crippen LogP contribution in [0.15, 0.2) is 30.3 Å². The van der Waals surface area contributed by atoms with Gasteiger partial charge in [0.25, 0.3) is 0 Å². The molecule has 0 N–H and O–H groups in total. The molecule has 80 valence electrons. The number of benzene rings is 1. The number of hydrogen-bond donors (Lipinski definition) is 0. The fourth-order valence-corrected chi connectivity index (χ4v) is 1.98. The van der Waals surface area contributed by atoms with Crippen molar-refractivity contribution in [3.8, 4) is 0 Å². The minimum Gasteiger partial charge on any atom is -0.300 e. The fraction of sp³-hybridized carbons (Fsp3) is 0.429. The van der Waals surface area contributed by atoms with Gasteiger partial charge in [-0.3, -0.25) is 4.90 Å². The molecule has 1 saturated heterocycles. The highest BCUT2D eigenvalue weighted by Crippen LogP contribution is 2.08. The normalized spacial score (nSPS) is 17.7. The quantitative estimate of drug-likeness (QED) is 0.726. The molecule has 0 spiro atoms. The summed E-state index contributed by atoms with van der Waals surface area (Å²) < 4.78 is 0.